The minimum Gasteiger partial charge on any atom is -0.383 e. The SMILES string of the molecule is Clc1ccc2nc3[nH]c4ccccc4c3c(NCCN3CCCC3)c2c1. The number of nitrogens with zero attached hydrogens (tertiary/aromatic N) is 2. The van der Waals surface area contributed by atoms with Gasteiger partial charge in [-0.25, -0.2) is 4.98 Å². The van der Waals surface area contributed by atoms with Gasteiger partial charge < -0.3 is 15.2 Å². The second kappa shape index (κ2) is 6.45. The highest BCUT2D eigenvalue weighted by Gasteiger charge is 2.16. The average Bonchev–Trinajstić information content (AvgIpc) is 3.28. The highest BCUT2D eigenvalue weighted by Crippen LogP contribution is 2.36. The predicted octanol–water partition coefficient (Wildman–Crippen LogP) is 5.03. The molecule has 132 valence electrons. The molecular formula is C21H21ClN4. The van der Waals surface area contributed by atoms with Crippen molar-refractivity contribution in [1.29, 1.82) is 0 Å². The number of hydrogen-bond donors (Lipinski definition) is 2. The van der Waals surface area contributed by atoms with E-state index in [0.717, 1.165) is 51.3 Å². The molecule has 0 aliphatic carbocycles. The zero-order valence-corrected chi connectivity index (χ0v) is 15.3. The van der Waals surface area contributed by atoms with Crippen LogP contribution in [0.3, 0.4) is 0 Å². The summed E-state index contributed by atoms with van der Waals surface area (Å²) in [5, 5.41) is 7.86. The number of para-hydroxylation sites is 1. The number of rotatable bonds is 4. The standard InChI is InChI=1S/C21H21ClN4/c22-14-7-8-18-16(13-14)20(23-9-12-26-10-3-4-11-26)19-15-5-1-2-6-17(15)24-21(19)25-18/h1-2,5-8,13H,3-4,9-12H2,(H2,23,24,25). The lowest BCUT2D eigenvalue weighted by molar-refractivity contribution is 0.353. The lowest BCUT2D eigenvalue weighted by Crippen LogP contribution is -2.26. The van der Waals surface area contributed by atoms with E-state index in [4.69, 9.17) is 16.6 Å². The normalized spacial score (nSPS) is 15.4. The molecule has 0 saturated carbocycles. The largest absolute Gasteiger partial charge is 0.383 e. The van der Waals surface area contributed by atoms with Gasteiger partial charge in [-0.3, -0.25) is 0 Å². The summed E-state index contributed by atoms with van der Waals surface area (Å²) in [6.07, 6.45) is 2.64. The Morgan fingerprint density at radius 2 is 1.92 bits per heavy atom. The number of H-pyrrole nitrogens is 1. The zero-order chi connectivity index (χ0) is 17.5. The number of hydrogen-bond acceptors (Lipinski definition) is 3. The van der Waals surface area contributed by atoms with Gasteiger partial charge >= 0.3 is 0 Å². The highest BCUT2D eigenvalue weighted by molar-refractivity contribution is 6.32. The van der Waals surface area contributed by atoms with Crippen LogP contribution in [0.25, 0.3) is 32.8 Å². The first-order valence-electron chi connectivity index (χ1n) is 9.25. The number of fused-ring (bicyclic) bond motifs is 4. The van der Waals surface area contributed by atoms with Gasteiger partial charge in [-0.15, -0.1) is 0 Å². The Morgan fingerprint density at radius 1 is 1.08 bits per heavy atom. The van der Waals surface area contributed by atoms with Gasteiger partial charge in [-0.1, -0.05) is 29.8 Å². The number of aromatic nitrogens is 2. The Bertz CT molecular complexity index is 1100. The smallest absolute Gasteiger partial charge is 0.141 e. The van der Waals surface area contributed by atoms with E-state index >= 15 is 0 Å². The maximum atomic E-state index is 6.30. The Kier molecular flexibility index (Phi) is 3.95. The molecule has 5 rings (SSSR count). The van der Waals surface area contributed by atoms with Crippen LogP contribution in [-0.2, 0) is 0 Å². The number of pyridine rings is 1. The molecule has 1 saturated heterocycles. The van der Waals surface area contributed by atoms with Crippen LogP contribution in [0, 0.1) is 0 Å². The number of nitrogens with one attached hydrogen (secondary N) is 2. The summed E-state index contributed by atoms with van der Waals surface area (Å²) >= 11 is 6.30. The molecule has 4 aromatic rings. The molecule has 0 spiro atoms. The van der Waals surface area contributed by atoms with Crippen LogP contribution in [0.1, 0.15) is 12.8 Å². The van der Waals surface area contributed by atoms with Crippen LogP contribution < -0.4 is 5.32 Å². The van der Waals surface area contributed by atoms with Crippen LogP contribution in [0.2, 0.25) is 5.02 Å². The Morgan fingerprint density at radius 3 is 2.81 bits per heavy atom. The number of likely N-dealkylation sites (tertiary alicyclic amines) is 1. The summed E-state index contributed by atoms with van der Waals surface area (Å²) in [4.78, 5) is 10.8. The minimum absolute atomic E-state index is 0.737. The van der Waals surface area contributed by atoms with Crippen LogP contribution in [0.4, 0.5) is 5.69 Å². The van der Waals surface area contributed by atoms with Crippen molar-refractivity contribution >= 4 is 50.1 Å². The van der Waals surface area contributed by atoms with Gasteiger partial charge in [0.1, 0.15) is 5.65 Å². The van der Waals surface area contributed by atoms with Gasteiger partial charge in [0.05, 0.1) is 16.6 Å². The average molecular weight is 365 g/mol. The maximum Gasteiger partial charge on any atom is 0.141 e. The molecule has 1 fully saturated rings. The summed E-state index contributed by atoms with van der Waals surface area (Å²) in [5.74, 6) is 0. The highest BCUT2D eigenvalue weighted by atomic mass is 35.5. The third-order valence-electron chi connectivity index (χ3n) is 5.32. The van der Waals surface area contributed by atoms with Crippen molar-refractivity contribution in [2.45, 2.75) is 12.8 Å². The van der Waals surface area contributed by atoms with Gasteiger partial charge in [0.25, 0.3) is 0 Å². The lowest BCUT2D eigenvalue weighted by atomic mass is 10.1. The monoisotopic (exact) mass is 364 g/mol. The quantitative estimate of drug-likeness (QED) is 0.533. The minimum atomic E-state index is 0.737. The summed E-state index contributed by atoms with van der Waals surface area (Å²) in [5.41, 5.74) is 4.12. The fourth-order valence-electron chi connectivity index (χ4n) is 4.05. The first-order valence-corrected chi connectivity index (χ1v) is 9.63. The molecule has 2 N–H and O–H groups in total. The first kappa shape index (κ1) is 15.9. The molecule has 1 aliphatic heterocycles. The van der Waals surface area contributed by atoms with Gasteiger partial charge in [0, 0.05) is 34.4 Å². The van der Waals surface area contributed by atoms with E-state index < -0.39 is 0 Å². The molecule has 4 nitrogen and oxygen atoms in total. The second-order valence-electron chi connectivity index (χ2n) is 7.02. The van der Waals surface area contributed by atoms with Crippen molar-refractivity contribution in [3.63, 3.8) is 0 Å². The third kappa shape index (κ3) is 2.70. The van der Waals surface area contributed by atoms with E-state index in [1.54, 1.807) is 0 Å². The molecule has 0 radical (unpaired) electrons. The second-order valence-corrected chi connectivity index (χ2v) is 7.45. The summed E-state index contributed by atoms with van der Waals surface area (Å²) < 4.78 is 0. The van der Waals surface area contributed by atoms with Crippen molar-refractivity contribution in [3.8, 4) is 0 Å². The molecule has 0 amide bonds. The summed E-state index contributed by atoms with van der Waals surface area (Å²) in [7, 11) is 0. The third-order valence-corrected chi connectivity index (χ3v) is 5.56. The Balaban J connectivity index is 1.65. The molecule has 0 unspecified atom stereocenters. The Hall–Kier alpha value is -2.30. The van der Waals surface area contributed by atoms with Crippen LogP contribution in [-0.4, -0.2) is 41.0 Å². The summed E-state index contributed by atoms with van der Waals surface area (Å²) in [6, 6.07) is 14.3. The van der Waals surface area contributed by atoms with Crippen LogP contribution in [0.5, 0.6) is 0 Å². The van der Waals surface area contributed by atoms with Crippen molar-refractivity contribution < 1.29 is 0 Å². The molecule has 3 heterocycles. The number of aromatic amines is 1. The molecule has 26 heavy (non-hydrogen) atoms. The fourth-order valence-corrected chi connectivity index (χ4v) is 4.23. The molecule has 0 bridgehead atoms. The van der Waals surface area contributed by atoms with Crippen LogP contribution >= 0.6 is 11.6 Å². The van der Waals surface area contributed by atoms with Crippen molar-refractivity contribution in [3.05, 3.63) is 47.5 Å². The van der Waals surface area contributed by atoms with E-state index in [9.17, 15) is 0 Å². The van der Waals surface area contributed by atoms with E-state index in [1.165, 1.54) is 31.3 Å². The van der Waals surface area contributed by atoms with Gasteiger partial charge in [0.15, 0.2) is 0 Å². The topological polar surface area (TPSA) is 44.0 Å². The Labute approximate surface area is 157 Å². The van der Waals surface area contributed by atoms with E-state index in [0.29, 0.717) is 0 Å². The molecule has 2 aromatic carbocycles. The van der Waals surface area contributed by atoms with Gasteiger partial charge in [0.2, 0.25) is 0 Å². The first-order chi connectivity index (χ1) is 12.8. The number of anilines is 1. The van der Waals surface area contributed by atoms with E-state index in [-0.39, 0.29) is 0 Å². The van der Waals surface area contributed by atoms with E-state index in [2.05, 4.69) is 39.5 Å². The van der Waals surface area contributed by atoms with Crippen molar-refractivity contribution in [2.75, 3.05) is 31.5 Å². The molecule has 0 atom stereocenters. The van der Waals surface area contributed by atoms with Gasteiger partial charge in [-0.2, -0.15) is 0 Å². The predicted molar refractivity (Wildman–Crippen MR) is 110 cm³/mol. The molecular weight excluding hydrogens is 344 g/mol. The fraction of sp³-hybridized carbons (Fsp3) is 0.286. The number of benzene rings is 2. The zero-order valence-electron chi connectivity index (χ0n) is 14.6. The maximum absolute atomic E-state index is 6.30. The van der Waals surface area contributed by atoms with Crippen LogP contribution in [0.15, 0.2) is 42.5 Å². The summed E-state index contributed by atoms with van der Waals surface area (Å²) in [6.45, 7) is 4.41. The lowest BCUT2D eigenvalue weighted by Gasteiger charge is -2.17. The van der Waals surface area contributed by atoms with Crippen molar-refractivity contribution in [1.82, 2.24) is 14.9 Å². The van der Waals surface area contributed by atoms with E-state index in [1.807, 2.05) is 18.2 Å². The van der Waals surface area contributed by atoms with Gasteiger partial charge in [-0.05, 0) is 50.2 Å². The molecule has 2 aromatic heterocycles. The number of halogens is 1. The van der Waals surface area contributed by atoms with Crippen molar-refractivity contribution in [2.24, 2.45) is 0 Å². The molecule has 5 heteroatoms. The molecule has 1 aliphatic rings.